The topological polar surface area (TPSA) is 89.9 Å². The molecule has 2 rings (SSSR count). The lowest BCUT2D eigenvalue weighted by Gasteiger charge is -2.21. The number of urea groups is 1. The van der Waals surface area contributed by atoms with Gasteiger partial charge in [-0.3, -0.25) is 0 Å². The second-order valence-corrected chi connectivity index (χ2v) is 6.10. The van der Waals surface area contributed by atoms with Gasteiger partial charge in [0.15, 0.2) is 0 Å². The number of halogens is 2. The minimum atomic E-state index is -1.13. The Bertz CT molecular complexity index is 554. The first-order valence-electron chi connectivity index (χ1n) is 5.82. The number of aliphatic carboxylic acids is 1. The number of rotatable bonds is 2. The lowest BCUT2D eigenvalue weighted by atomic mass is 10.2. The molecule has 0 radical (unpaired) electrons. The molecule has 1 aromatic carbocycles. The average Bonchev–Trinajstić information content (AvgIpc) is 2.75. The molecule has 2 amide bonds. The number of nitrogens with zero attached hydrogens (tertiary/aromatic N) is 1. The number of β-amino-alcohol motifs (C(OH)–C–C–N with tert-alkyl or cyclic N) is 1. The molecule has 0 saturated carbocycles. The fraction of sp³-hybridized carbons (Fsp3) is 0.333. The minimum absolute atomic E-state index is 0.00914. The summed E-state index contributed by atoms with van der Waals surface area (Å²) in [6.07, 6.45) is -0.794. The van der Waals surface area contributed by atoms with Gasteiger partial charge in [-0.1, -0.05) is 11.6 Å². The smallest absolute Gasteiger partial charge is 0.326 e. The number of nitrogens with one attached hydrogen (secondary N) is 1. The molecule has 1 heterocycles. The summed E-state index contributed by atoms with van der Waals surface area (Å²) in [6, 6.07) is 3.50. The molecule has 1 aliphatic rings. The van der Waals surface area contributed by atoms with Crippen molar-refractivity contribution in [2.24, 2.45) is 0 Å². The molecule has 0 unspecified atom stereocenters. The van der Waals surface area contributed by atoms with Gasteiger partial charge in [0.2, 0.25) is 0 Å². The molecule has 1 aliphatic heterocycles. The third kappa shape index (κ3) is 3.33. The number of amides is 2. The van der Waals surface area contributed by atoms with E-state index in [1.54, 1.807) is 18.2 Å². The first-order valence-corrected chi connectivity index (χ1v) is 7.27. The van der Waals surface area contributed by atoms with Crippen LogP contribution >= 0.6 is 34.2 Å². The third-order valence-corrected chi connectivity index (χ3v) is 3.98. The number of carboxylic acids is 1. The Labute approximate surface area is 133 Å². The SMILES string of the molecule is O=C(O)[C@H]1C[C@@H](O)CN1C(=O)Nc1ccc(I)cc1Cl. The van der Waals surface area contributed by atoms with E-state index in [9.17, 15) is 14.7 Å². The lowest BCUT2D eigenvalue weighted by Crippen LogP contribution is -2.43. The van der Waals surface area contributed by atoms with Crippen molar-refractivity contribution in [1.29, 1.82) is 0 Å². The molecule has 0 bridgehead atoms. The normalized spacial score (nSPS) is 21.9. The number of carboxylic acid groups (broad SMARTS) is 1. The van der Waals surface area contributed by atoms with Gasteiger partial charge in [0, 0.05) is 16.5 Å². The Kier molecular flexibility index (Phi) is 4.71. The summed E-state index contributed by atoms with van der Waals surface area (Å²) >= 11 is 8.09. The van der Waals surface area contributed by atoms with Gasteiger partial charge >= 0.3 is 12.0 Å². The van der Waals surface area contributed by atoms with E-state index in [-0.39, 0.29) is 13.0 Å². The minimum Gasteiger partial charge on any atom is -0.480 e. The molecule has 1 fully saturated rings. The number of carbonyl (C=O) groups excluding carboxylic acids is 1. The van der Waals surface area contributed by atoms with Crippen molar-refractivity contribution in [3.05, 3.63) is 26.8 Å². The van der Waals surface area contributed by atoms with Crippen LogP contribution in [0, 0.1) is 3.57 Å². The van der Waals surface area contributed by atoms with Crippen LogP contribution in [0.2, 0.25) is 5.02 Å². The maximum Gasteiger partial charge on any atom is 0.326 e. The fourth-order valence-corrected chi connectivity index (χ4v) is 2.95. The van der Waals surface area contributed by atoms with Crippen molar-refractivity contribution in [3.63, 3.8) is 0 Å². The molecule has 108 valence electrons. The number of aliphatic hydroxyl groups is 1. The zero-order chi connectivity index (χ0) is 14.9. The summed E-state index contributed by atoms with van der Waals surface area (Å²) in [7, 11) is 0. The van der Waals surface area contributed by atoms with Crippen LogP contribution in [0.3, 0.4) is 0 Å². The van der Waals surface area contributed by atoms with E-state index in [1.807, 2.05) is 0 Å². The summed E-state index contributed by atoms with van der Waals surface area (Å²) in [5.41, 5.74) is 0.405. The highest BCUT2D eigenvalue weighted by molar-refractivity contribution is 14.1. The van der Waals surface area contributed by atoms with Crippen molar-refractivity contribution in [2.75, 3.05) is 11.9 Å². The summed E-state index contributed by atoms with van der Waals surface area (Å²) < 4.78 is 0.922. The second kappa shape index (κ2) is 6.15. The summed E-state index contributed by atoms with van der Waals surface area (Å²) in [6.45, 7) is -0.00914. The van der Waals surface area contributed by atoms with E-state index in [0.717, 1.165) is 8.47 Å². The summed E-state index contributed by atoms with van der Waals surface area (Å²) in [4.78, 5) is 24.3. The number of aliphatic hydroxyl groups excluding tert-OH is 1. The lowest BCUT2D eigenvalue weighted by molar-refractivity contribution is -0.141. The Morgan fingerprint density at radius 3 is 2.75 bits per heavy atom. The number of likely N-dealkylation sites (tertiary alicyclic amines) is 1. The van der Waals surface area contributed by atoms with E-state index >= 15 is 0 Å². The quantitative estimate of drug-likeness (QED) is 0.651. The molecule has 1 saturated heterocycles. The van der Waals surface area contributed by atoms with E-state index in [2.05, 4.69) is 27.9 Å². The summed E-state index contributed by atoms with van der Waals surface area (Å²) in [5, 5.41) is 21.5. The fourth-order valence-electron chi connectivity index (χ4n) is 2.05. The van der Waals surface area contributed by atoms with Crippen LogP contribution in [0.25, 0.3) is 0 Å². The first kappa shape index (κ1) is 15.3. The predicted octanol–water partition coefficient (Wildman–Crippen LogP) is 2.00. The number of carbonyl (C=O) groups is 2. The van der Waals surface area contributed by atoms with E-state index in [4.69, 9.17) is 16.7 Å². The molecule has 1 aromatic rings. The highest BCUT2D eigenvalue weighted by atomic mass is 127. The zero-order valence-corrected chi connectivity index (χ0v) is 13.1. The maximum atomic E-state index is 12.1. The predicted molar refractivity (Wildman–Crippen MR) is 81.9 cm³/mol. The van der Waals surface area contributed by atoms with Gasteiger partial charge in [-0.15, -0.1) is 0 Å². The molecule has 0 aliphatic carbocycles. The zero-order valence-electron chi connectivity index (χ0n) is 10.2. The molecular weight excluding hydrogens is 398 g/mol. The second-order valence-electron chi connectivity index (χ2n) is 4.45. The monoisotopic (exact) mass is 410 g/mol. The van der Waals surface area contributed by atoms with Crippen LogP contribution in [0.5, 0.6) is 0 Å². The first-order chi connectivity index (χ1) is 9.38. The van der Waals surface area contributed by atoms with Gasteiger partial charge < -0.3 is 20.4 Å². The van der Waals surface area contributed by atoms with E-state index in [0.29, 0.717) is 10.7 Å². The van der Waals surface area contributed by atoms with Crippen molar-refractivity contribution < 1.29 is 19.8 Å². The Morgan fingerprint density at radius 1 is 1.45 bits per heavy atom. The third-order valence-electron chi connectivity index (χ3n) is 3.00. The highest BCUT2D eigenvalue weighted by Crippen LogP contribution is 2.25. The average molecular weight is 411 g/mol. The molecule has 20 heavy (non-hydrogen) atoms. The Hall–Kier alpha value is -1.06. The van der Waals surface area contributed by atoms with Crippen LogP contribution in [-0.4, -0.2) is 45.8 Å². The summed E-state index contributed by atoms with van der Waals surface area (Å²) in [5.74, 6) is -1.13. The van der Waals surface area contributed by atoms with Gasteiger partial charge in [0.1, 0.15) is 6.04 Å². The molecule has 3 N–H and O–H groups in total. The van der Waals surface area contributed by atoms with E-state index in [1.165, 1.54) is 0 Å². The standard InChI is InChI=1S/C12H12ClIN2O4/c13-8-3-6(14)1-2-9(8)15-12(20)16-5-7(17)4-10(16)11(18)19/h1-3,7,10,17H,4-5H2,(H,15,20)(H,18,19)/t7-,10-/m1/s1. The van der Waals surface area contributed by atoms with Crippen LogP contribution in [0.4, 0.5) is 10.5 Å². The molecule has 8 heteroatoms. The Balaban J connectivity index is 2.13. The number of hydrogen-bond donors (Lipinski definition) is 3. The van der Waals surface area contributed by atoms with Gasteiger partial charge in [-0.25, -0.2) is 9.59 Å². The van der Waals surface area contributed by atoms with Crippen LogP contribution in [0.1, 0.15) is 6.42 Å². The van der Waals surface area contributed by atoms with Crippen LogP contribution in [-0.2, 0) is 4.79 Å². The molecule has 6 nitrogen and oxygen atoms in total. The number of hydrogen-bond acceptors (Lipinski definition) is 3. The number of anilines is 1. The molecule has 0 spiro atoms. The van der Waals surface area contributed by atoms with Crippen molar-refractivity contribution >= 4 is 51.9 Å². The molecule has 0 aromatic heterocycles. The van der Waals surface area contributed by atoms with Crippen LogP contribution < -0.4 is 5.32 Å². The van der Waals surface area contributed by atoms with Gasteiger partial charge in [-0.2, -0.15) is 0 Å². The van der Waals surface area contributed by atoms with Gasteiger partial charge in [0.05, 0.1) is 16.8 Å². The van der Waals surface area contributed by atoms with E-state index < -0.39 is 24.1 Å². The Morgan fingerprint density at radius 2 is 2.15 bits per heavy atom. The largest absolute Gasteiger partial charge is 0.480 e. The molecule has 2 atom stereocenters. The maximum absolute atomic E-state index is 12.1. The van der Waals surface area contributed by atoms with Crippen molar-refractivity contribution in [3.8, 4) is 0 Å². The van der Waals surface area contributed by atoms with Gasteiger partial charge in [0.25, 0.3) is 0 Å². The van der Waals surface area contributed by atoms with Crippen molar-refractivity contribution in [1.82, 2.24) is 4.90 Å². The highest BCUT2D eigenvalue weighted by Gasteiger charge is 2.39. The van der Waals surface area contributed by atoms with Crippen LogP contribution in [0.15, 0.2) is 18.2 Å². The molecular formula is C12H12ClIN2O4. The number of benzene rings is 1. The van der Waals surface area contributed by atoms with Crippen molar-refractivity contribution in [2.45, 2.75) is 18.6 Å². The van der Waals surface area contributed by atoms with Gasteiger partial charge in [-0.05, 0) is 40.8 Å².